The number of aliphatic hydroxyl groups excluding tert-OH is 1. The number of hydrogen-bond donors (Lipinski definition) is 1. The van der Waals surface area contributed by atoms with E-state index in [0.717, 1.165) is 0 Å². The molecule has 0 aliphatic heterocycles. The molecule has 2 aromatic carbocycles. The van der Waals surface area contributed by atoms with E-state index in [-0.39, 0.29) is 22.9 Å². The molecule has 0 bridgehead atoms. The third-order valence-corrected chi connectivity index (χ3v) is 4.17. The third kappa shape index (κ3) is 4.09. The summed E-state index contributed by atoms with van der Waals surface area (Å²) in [5.74, 6) is -0.663. The van der Waals surface area contributed by atoms with Gasteiger partial charge in [-0.2, -0.15) is 0 Å². The van der Waals surface area contributed by atoms with Crippen molar-refractivity contribution < 1.29 is 14.7 Å². The second kappa shape index (κ2) is 7.88. The Balaban J connectivity index is 2.63. The molecule has 0 aliphatic carbocycles. The number of carbonyl (C=O) groups excluding carboxylic acids is 2. The Morgan fingerprint density at radius 3 is 2.08 bits per heavy atom. The van der Waals surface area contributed by atoms with Gasteiger partial charge in [-0.25, -0.2) is 0 Å². The Kier molecular flexibility index (Phi) is 5.88. The molecule has 0 amide bonds. The molecule has 0 aliphatic rings. The van der Waals surface area contributed by atoms with Crippen LogP contribution in [0.1, 0.15) is 29.8 Å². The number of allylic oxidation sites excluding steroid dienone is 4. The largest absolute Gasteiger partial charge is 0.512 e. The van der Waals surface area contributed by atoms with Gasteiger partial charge in [-0.15, -0.1) is 0 Å². The van der Waals surface area contributed by atoms with Gasteiger partial charge >= 0.3 is 0 Å². The smallest absolute Gasteiger partial charge is 0.187 e. The lowest BCUT2D eigenvalue weighted by atomic mass is 9.92. The van der Waals surface area contributed by atoms with Crippen molar-refractivity contribution in [1.29, 1.82) is 0 Å². The van der Waals surface area contributed by atoms with Crippen LogP contribution >= 0.6 is 15.9 Å². The first-order valence-electron chi connectivity index (χ1n) is 7.39. The molecule has 0 heterocycles. The van der Waals surface area contributed by atoms with Crippen LogP contribution in [0.5, 0.6) is 0 Å². The molecule has 24 heavy (non-hydrogen) atoms. The average molecular weight is 385 g/mol. The summed E-state index contributed by atoms with van der Waals surface area (Å²) in [5.41, 5.74) is 1.73. The zero-order valence-corrected chi connectivity index (χ0v) is 15.0. The van der Waals surface area contributed by atoms with Crippen molar-refractivity contribution in [2.24, 2.45) is 0 Å². The van der Waals surface area contributed by atoms with Crippen LogP contribution in [-0.2, 0) is 4.79 Å². The van der Waals surface area contributed by atoms with Crippen molar-refractivity contribution in [2.45, 2.75) is 13.8 Å². The van der Waals surface area contributed by atoms with Gasteiger partial charge in [0, 0.05) is 10.0 Å². The highest BCUT2D eigenvalue weighted by Gasteiger charge is 2.18. The van der Waals surface area contributed by atoms with Gasteiger partial charge in [-0.1, -0.05) is 58.4 Å². The fourth-order valence-corrected chi connectivity index (χ4v) is 2.91. The molecular formula is C20H17BrO3. The van der Waals surface area contributed by atoms with Gasteiger partial charge in [0.05, 0.1) is 5.57 Å². The van der Waals surface area contributed by atoms with Crippen molar-refractivity contribution >= 4 is 33.1 Å². The Morgan fingerprint density at radius 2 is 1.54 bits per heavy atom. The van der Waals surface area contributed by atoms with Gasteiger partial charge < -0.3 is 5.11 Å². The van der Waals surface area contributed by atoms with Crippen molar-refractivity contribution in [3.63, 3.8) is 0 Å². The molecule has 122 valence electrons. The number of Topliss-reactive ketones (excluding diaryl/α,β-unsaturated/α-hetero) is 1. The lowest BCUT2D eigenvalue weighted by Crippen LogP contribution is -2.06. The van der Waals surface area contributed by atoms with E-state index in [0.29, 0.717) is 21.2 Å². The molecule has 4 heteroatoms. The Morgan fingerprint density at radius 1 is 0.958 bits per heavy atom. The molecule has 0 spiro atoms. The second-order valence-electron chi connectivity index (χ2n) is 5.28. The average Bonchev–Trinajstić information content (AvgIpc) is 2.54. The van der Waals surface area contributed by atoms with Crippen molar-refractivity contribution in [3.05, 3.63) is 87.6 Å². The van der Waals surface area contributed by atoms with E-state index in [1.54, 1.807) is 30.3 Å². The molecule has 0 aromatic heterocycles. The number of benzene rings is 2. The Bertz CT molecular complexity index is 829. The van der Waals surface area contributed by atoms with E-state index in [1.807, 2.05) is 24.3 Å². The van der Waals surface area contributed by atoms with Crippen molar-refractivity contribution in [3.8, 4) is 0 Å². The minimum Gasteiger partial charge on any atom is -0.512 e. The van der Waals surface area contributed by atoms with Gasteiger partial charge in [0.2, 0.25) is 0 Å². The van der Waals surface area contributed by atoms with E-state index in [9.17, 15) is 14.7 Å². The SMILES string of the molecule is CC(=O)C(=C(/C)O)/C(=C/C(=O)c1ccccc1Br)c1ccccc1. The van der Waals surface area contributed by atoms with Crippen LogP contribution in [0.2, 0.25) is 0 Å². The first-order valence-corrected chi connectivity index (χ1v) is 8.18. The summed E-state index contributed by atoms with van der Waals surface area (Å²) in [6.45, 7) is 2.81. The molecule has 2 aromatic rings. The molecule has 0 atom stereocenters. The normalized spacial score (nSPS) is 12.5. The lowest BCUT2D eigenvalue weighted by molar-refractivity contribution is -0.113. The van der Waals surface area contributed by atoms with Gasteiger partial charge in [-0.3, -0.25) is 9.59 Å². The van der Waals surface area contributed by atoms with Gasteiger partial charge in [-0.05, 0) is 43.2 Å². The maximum atomic E-state index is 12.7. The fraction of sp³-hybridized carbons (Fsp3) is 0.100. The Labute approximate surface area is 149 Å². The van der Waals surface area contributed by atoms with Crippen LogP contribution in [0, 0.1) is 0 Å². The zero-order chi connectivity index (χ0) is 17.7. The molecule has 0 radical (unpaired) electrons. The fourth-order valence-electron chi connectivity index (χ4n) is 2.43. The van der Waals surface area contributed by atoms with Gasteiger partial charge in [0.1, 0.15) is 5.76 Å². The first kappa shape index (κ1) is 17.9. The van der Waals surface area contributed by atoms with Crippen LogP contribution in [0.3, 0.4) is 0 Å². The minimum atomic E-state index is -0.301. The van der Waals surface area contributed by atoms with E-state index in [1.165, 1.54) is 19.9 Å². The number of halogens is 1. The van der Waals surface area contributed by atoms with E-state index in [4.69, 9.17) is 0 Å². The summed E-state index contributed by atoms with van der Waals surface area (Å²) in [7, 11) is 0. The van der Waals surface area contributed by atoms with Crippen LogP contribution < -0.4 is 0 Å². The van der Waals surface area contributed by atoms with Crippen LogP contribution in [0.25, 0.3) is 5.57 Å². The summed E-state index contributed by atoms with van der Waals surface area (Å²) >= 11 is 3.36. The predicted octanol–water partition coefficient (Wildman–Crippen LogP) is 5.14. The third-order valence-electron chi connectivity index (χ3n) is 3.48. The second-order valence-corrected chi connectivity index (χ2v) is 6.14. The Hall–Kier alpha value is -2.46. The number of ketones is 2. The van der Waals surface area contributed by atoms with Crippen molar-refractivity contribution in [1.82, 2.24) is 0 Å². The standard InChI is InChI=1S/C20H17BrO3/c1-13(22)20(14(2)23)17(15-8-4-3-5-9-15)12-19(24)16-10-6-7-11-18(16)21/h3-12,22H,1-2H3/b17-12+,20-13+. The summed E-state index contributed by atoms with van der Waals surface area (Å²) in [5, 5.41) is 9.95. The van der Waals surface area contributed by atoms with Crippen LogP contribution in [0.15, 0.2) is 76.5 Å². The maximum Gasteiger partial charge on any atom is 0.187 e. The van der Waals surface area contributed by atoms with Gasteiger partial charge in [0.15, 0.2) is 11.6 Å². The summed E-state index contributed by atoms with van der Waals surface area (Å²) in [4.78, 5) is 24.7. The molecule has 0 unspecified atom stereocenters. The van der Waals surface area contributed by atoms with Crippen molar-refractivity contribution in [2.75, 3.05) is 0 Å². The van der Waals surface area contributed by atoms with Crippen LogP contribution in [0.4, 0.5) is 0 Å². The summed E-state index contributed by atoms with van der Waals surface area (Å²) < 4.78 is 0.674. The molecule has 0 saturated heterocycles. The number of hydrogen-bond acceptors (Lipinski definition) is 3. The van der Waals surface area contributed by atoms with Gasteiger partial charge in [0.25, 0.3) is 0 Å². The lowest BCUT2D eigenvalue weighted by Gasteiger charge is -2.11. The van der Waals surface area contributed by atoms with Crippen LogP contribution in [-0.4, -0.2) is 16.7 Å². The number of carbonyl (C=O) groups is 2. The quantitative estimate of drug-likeness (QED) is 0.336. The predicted molar refractivity (Wildman–Crippen MR) is 98.9 cm³/mol. The highest BCUT2D eigenvalue weighted by molar-refractivity contribution is 9.10. The highest BCUT2D eigenvalue weighted by Crippen LogP contribution is 2.27. The molecule has 0 saturated carbocycles. The topological polar surface area (TPSA) is 54.4 Å². The highest BCUT2D eigenvalue weighted by atomic mass is 79.9. The molecular weight excluding hydrogens is 368 g/mol. The monoisotopic (exact) mass is 384 g/mol. The first-order chi connectivity index (χ1) is 11.4. The summed E-state index contributed by atoms with van der Waals surface area (Å²) in [6.07, 6.45) is 1.39. The maximum absolute atomic E-state index is 12.7. The molecule has 0 fully saturated rings. The summed E-state index contributed by atoms with van der Waals surface area (Å²) in [6, 6.07) is 16.1. The molecule has 3 nitrogen and oxygen atoms in total. The number of rotatable bonds is 5. The van der Waals surface area contributed by atoms with E-state index < -0.39 is 0 Å². The zero-order valence-electron chi connectivity index (χ0n) is 13.4. The molecule has 2 rings (SSSR count). The minimum absolute atomic E-state index is 0.113. The molecule has 1 N–H and O–H groups in total. The number of aliphatic hydroxyl groups is 1. The van der Waals surface area contributed by atoms with E-state index in [2.05, 4.69) is 15.9 Å². The van der Waals surface area contributed by atoms with E-state index >= 15 is 0 Å².